The zero-order chi connectivity index (χ0) is 26.3. The van der Waals surface area contributed by atoms with Crippen LogP contribution < -0.4 is 10.1 Å². The molecule has 3 aromatic rings. The molecule has 190 valence electrons. The molecular weight excluding hydrogens is 610 g/mol. The molecule has 0 aliphatic rings. The number of amides is 2. The zero-order valence-electron chi connectivity index (χ0n) is 20.4. The van der Waals surface area contributed by atoms with Crippen molar-refractivity contribution in [1.82, 2.24) is 10.2 Å². The molecule has 0 fully saturated rings. The Labute approximate surface area is 236 Å². The first kappa shape index (κ1) is 28.3. The lowest BCUT2D eigenvalue weighted by Crippen LogP contribution is -2.55. The Balaban J connectivity index is 1.97. The number of hydrogen-bond donors (Lipinski definition) is 1. The van der Waals surface area contributed by atoms with Gasteiger partial charge in [0.2, 0.25) is 5.91 Å². The van der Waals surface area contributed by atoms with Gasteiger partial charge in [-0.05, 0) is 85.3 Å². The van der Waals surface area contributed by atoms with Gasteiger partial charge in [0.05, 0.1) is 0 Å². The fourth-order valence-electron chi connectivity index (χ4n) is 3.62. The molecule has 0 radical (unpaired) electrons. The molecule has 36 heavy (non-hydrogen) atoms. The van der Waals surface area contributed by atoms with Gasteiger partial charge in [-0.2, -0.15) is 0 Å². The lowest BCUT2D eigenvalue weighted by Gasteiger charge is -2.34. The summed E-state index contributed by atoms with van der Waals surface area (Å²) >= 11 is 15.1. The van der Waals surface area contributed by atoms with Crippen LogP contribution in [0, 0.1) is 3.57 Å². The van der Waals surface area contributed by atoms with Crippen LogP contribution in [-0.2, 0) is 22.6 Å². The van der Waals surface area contributed by atoms with E-state index in [0.29, 0.717) is 27.8 Å². The topological polar surface area (TPSA) is 58.6 Å². The second kappa shape index (κ2) is 12.8. The first-order valence-electron chi connectivity index (χ1n) is 11.5. The Hall–Kier alpha value is -2.29. The smallest absolute Gasteiger partial charge is 0.261 e. The maximum absolute atomic E-state index is 13.6. The lowest BCUT2D eigenvalue weighted by atomic mass is 10.0. The average molecular weight is 639 g/mol. The predicted octanol–water partition coefficient (Wildman–Crippen LogP) is 6.53. The molecule has 0 saturated heterocycles. The van der Waals surface area contributed by atoms with E-state index in [-0.39, 0.29) is 25.0 Å². The molecule has 1 N–H and O–H groups in total. The molecule has 0 aliphatic heterocycles. The minimum absolute atomic E-state index is 0.0580. The van der Waals surface area contributed by atoms with E-state index < -0.39 is 11.6 Å². The molecule has 0 saturated carbocycles. The normalized spacial score (nSPS) is 12.1. The zero-order valence-corrected chi connectivity index (χ0v) is 24.1. The fraction of sp³-hybridized carbons (Fsp3) is 0.286. The van der Waals surface area contributed by atoms with Gasteiger partial charge in [0.15, 0.2) is 6.61 Å². The SMILES string of the molecule is CC(C)(C)NC(=O)C(Cc1ccccc1)N(Cc1c(Cl)cccc1Cl)C(=O)COc1ccc(I)cc1. The summed E-state index contributed by atoms with van der Waals surface area (Å²) in [6.07, 6.45) is 0.320. The van der Waals surface area contributed by atoms with Crippen LogP contribution in [0.4, 0.5) is 0 Å². The first-order chi connectivity index (χ1) is 17.0. The van der Waals surface area contributed by atoms with Crippen molar-refractivity contribution in [3.05, 3.63) is 97.5 Å². The summed E-state index contributed by atoms with van der Waals surface area (Å²) in [5, 5.41) is 3.88. The summed E-state index contributed by atoms with van der Waals surface area (Å²) in [4.78, 5) is 28.7. The molecule has 0 aliphatic carbocycles. The Morgan fingerprint density at radius 2 is 1.56 bits per heavy atom. The first-order valence-corrected chi connectivity index (χ1v) is 13.3. The largest absolute Gasteiger partial charge is 0.484 e. The number of nitrogens with zero attached hydrogens (tertiary/aromatic N) is 1. The summed E-state index contributed by atoms with van der Waals surface area (Å²) < 4.78 is 6.85. The molecule has 0 heterocycles. The Kier molecular flexibility index (Phi) is 10.0. The molecule has 8 heteroatoms. The molecular formula is C28H29Cl2IN2O3. The average Bonchev–Trinajstić information content (AvgIpc) is 2.82. The van der Waals surface area contributed by atoms with E-state index in [1.807, 2.05) is 63.2 Å². The quantitative estimate of drug-likeness (QED) is 0.271. The number of hydrogen-bond acceptors (Lipinski definition) is 3. The van der Waals surface area contributed by atoms with Crippen molar-refractivity contribution < 1.29 is 14.3 Å². The molecule has 0 spiro atoms. The van der Waals surface area contributed by atoms with Gasteiger partial charge in [0.1, 0.15) is 11.8 Å². The van der Waals surface area contributed by atoms with Gasteiger partial charge in [0.25, 0.3) is 5.91 Å². The Morgan fingerprint density at radius 3 is 2.14 bits per heavy atom. The second-order valence-corrected chi connectivity index (χ2v) is 11.5. The number of nitrogens with one attached hydrogen (secondary N) is 1. The summed E-state index contributed by atoms with van der Waals surface area (Å²) in [6, 6.07) is 21.4. The van der Waals surface area contributed by atoms with Crippen LogP contribution in [0.3, 0.4) is 0 Å². The van der Waals surface area contributed by atoms with Crippen LogP contribution in [-0.4, -0.2) is 34.9 Å². The summed E-state index contributed by atoms with van der Waals surface area (Å²) in [7, 11) is 0. The highest BCUT2D eigenvalue weighted by Gasteiger charge is 2.33. The van der Waals surface area contributed by atoms with Crippen LogP contribution >= 0.6 is 45.8 Å². The molecule has 3 rings (SSSR count). The molecule has 0 bridgehead atoms. The monoisotopic (exact) mass is 638 g/mol. The molecule has 3 aromatic carbocycles. The van der Waals surface area contributed by atoms with E-state index in [1.54, 1.807) is 30.3 Å². The van der Waals surface area contributed by atoms with Crippen molar-refractivity contribution in [2.75, 3.05) is 6.61 Å². The highest BCUT2D eigenvalue weighted by molar-refractivity contribution is 14.1. The van der Waals surface area contributed by atoms with Gasteiger partial charge in [-0.15, -0.1) is 0 Å². The van der Waals surface area contributed by atoms with E-state index in [1.165, 1.54) is 4.90 Å². The Bertz CT molecular complexity index is 1160. The standard InChI is InChI=1S/C28H29Cl2IN2O3/c1-28(2,3)32-27(35)25(16-19-8-5-4-6-9-19)33(17-22-23(29)10-7-11-24(22)30)26(34)18-36-21-14-12-20(31)13-15-21/h4-15,25H,16-18H2,1-3H3,(H,32,35). The van der Waals surface area contributed by atoms with Gasteiger partial charge in [-0.25, -0.2) is 0 Å². The van der Waals surface area contributed by atoms with E-state index in [9.17, 15) is 9.59 Å². The van der Waals surface area contributed by atoms with E-state index in [2.05, 4.69) is 27.9 Å². The van der Waals surface area contributed by atoms with Crippen LogP contribution in [0.15, 0.2) is 72.8 Å². The van der Waals surface area contributed by atoms with Crippen LogP contribution in [0.1, 0.15) is 31.9 Å². The third-order valence-corrected chi connectivity index (χ3v) is 6.76. The molecule has 5 nitrogen and oxygen atoms in total. The van der Waals surface area contributed by atoms with Crippen molar-refractivity contribution in [3.8, 4) is 5.75 Å². The van der Waals surface area contributed by atoms with Gasteiger partial charge >= 0.3 is 0 Å². The number of ether oxygens (including phenoxy) is 1. The van der Waals surface area contributed by atoms with Crippen LogP contribution in [0.2, 0.25) is 10.0 Å². The maximum Gasteiger partial charge on any atom is 0.261 e. The van der Waals surface area contributed by atoms with Crippen molar-refractivity contribution in [1.29, 1.82) is 0 Å². The van der Waals surface area contributed by atoms with Gasteiger partial charge in [-0.3, -0.25) is 9.59 Å². The highest BCUT2D eigenvalue weighted by Crippen LogP contribution is 2.27. The number of carbonyl (C=O) groups is 2. The van der Waals surface area contributed by atoms with Crippen molar-refractivity contribution in [2.45, 2.75) is 45.3 Å². The number of carbonyl (C=O) groups excluding carboxylic acids is 2. The van der Waals surface area contributed by atoms with Crippen LogP contribution in [0.5, 0.6) is 5.75 Å². The second-order valence-electron chi connectivity index (χ2n) is 9.41. The Morgan fingerprint density at radius 1 is 0.944 bits per heavy atom. The van der Waals surface area contributed by atoms with Crippen molar-refractivity contribution in [2.24, 2.45) is 0 Å². The van der Waals surface area contributed by atoms with Crippen LogP contribution in [0.25, 0.3) is 0 Å². The van der Waals surface area contributed by atoms with E-state index >= 15 is 0 Å². The number of benzene rings is 3. The van der Waals surface area contributed by atoms with E-state index in [4.69, 9.17) is 27.9 Å². The molecule has 1 unspecified atom stereocenters. The minimum atomic E-state index is -0.813. The third kappa shape index (κ3) is 8.39. The minimum Gasteiger partial charge on any atom is -0.484 e. The summed E-state index contributed by atoms with van der Waals surface area (Å²) in [6.45, 7) is 5.53. The van der Waals surface area contributed by atoms with E-state index in [0.717, 1.165) is 9.13 Å². The molecule has 0 aromatic heterocycles. The lowest BCUT2D eigenvalue weighted by molar-refractivity contribution is -0.143. The number of halogens is 3. The van der Waals surface area contributed by atoms with Gasteiger partial charge in [0, 0.05) is 37.7 Å². The number of rotatable bonds is 9. The summed E-state index contributed by atoms with van der Waals surface area (Å²) in [5.41, 5.74) is 1.01. The van der Waals surface area contributed by atoms with Crippen molar-refractivity contribution >= 4 is 57.6 Å². The third-order valence-electron chi connectivity index (χ3n) is 5.34. The molecule has 1 atom stereocenters. The molecule has 2 amide bonds. The van der Waals surface area contributed by atoms with Gasteiger partial charge in [-0.1, -0.05) is 59.6 Å². The fourth-order valence-corrected chi connectivity index (χ4v) is 4.50. The van der Waals surface area contributed by atoms with Gasteiger partial charge < -0.3 is 15.0 Å². The highest BCUT2D eigenvalue weighted by atomic mass is 127. The maximum atomic E-state index is 13.6. The predicted molar refractivity (Wildman–Crippen MR) is 153 cm³/mol. The van der Waals surface area contributed by atoms with Crippen molar-refractivity contribution in [3.63, 3.8) is 0 Å². The summed E-state index contributed by atoms with van der Waals surface area (Å²) in [5.74, 6) is -0.0510.